The lowest BCUT2D eigenvalue weighted by Gasteiger charge is -2.14. The van der Waals surface area contributed by atoms with Gasteiger partial charge in [-0.3, -0.25) is 0 Å². The van der Waals surface area contributed by atoms with E-state index in [1.54, 1.807) is 6.07 Å². The van der Waals surface area contributed by atoms with Crippen LogP contribution in [0.3, 0.4) is 0 Å². The minimum absolute atomic E-state index is 0.178. The zero-order valence-corrected chi connectivity index (χ0v) is 9.63. The third-order valence-electron chi connectivity index (χ3n) is 3.15. The summed E-state index contributed by atoms with van der Waals surface area (Å²) in [5, 5.41) is 0. The van der Waals surface area contributed by atoms with Gasteiger partial charge in [-0.2, -0.15) is 13.2 Å². The first-order valence-electron chi connectivity index (χ1n) is 5.83. The predicted molar refractivity (Wildman–Crippen MR) is 58.6 cm³/mol. The van der Waals surface area contributed by atoms with Gasteiger partial charge in [-0.05, 0) is 37.0 Å². The maximum absolute atomic E-state index is 12.6. The molecule has 0 aromatic heterocycles. The molecule has 1 aliphatic heterocycles. The van der Waals surface area contributed by atoms with Crippen molar-refractivity contribution in [3.63, 3.8) is 0 Å². The third kappa shape index (κ3) is 2.80. The van der Waals surface area contributed by atoms with Crippen LogP contribution in [0.4, 0.5) is 13.2 Å². The lowest BCUT2D eigenvalue weighted by molar-refractivity contribution is -0.137. The van der Waals surface area contributed by atoms with Crippen LogP contribution in [0.15, 0.2) is 24.3 Å². The molecule has 2 atom stereocenters. The highest BCUT2D eigenvalue weighted by molar-refractivity contribution is 5.27. The van der Waals surface area contributed by atoms with E-state index in [1.165, 1.54) is 12.1 Å². The highest BCUT2D eigenvalue weighted by Gasteiger charge is 2.32. The Morgan fingerprint density at radius 2 is 2.06 bits per heavy atom. The molecule has 1 nitrogen and oxygen atoms in total. The minimum atomic E-state index is -4.28. The van der Waals surface area contributed by atoms with Gasteiger partial charge in [0.05, 0.1) is 17.8 Å². The normalized spacial score (nSPS) is 25.2. The van der Waals surface area contributed by atoms with Crippen molar-refractivity contribution in [3.05, 3.63) is 35.4 Å². The Morgan fingerprint density at radius 1 is 1.29 bits per heavy atom. The van der Waals surface area contributed by atoms with Crippen molar-refractivity contribution in [2.24, 2.45) is 0 Å². The molecule has 1 saturated heterocycles. The van der Waals surface area contributed by atoms with Gasteiger partial charge in [-0.25, -0.2) is 0 Å². The summed E-state index contributed by atoms with van der Waals surface area (Å²) in [5.41, 5.74) is 0.0364. The molecule has 0 saturated carbocycles. The van der Waals surface area contributed by atoms with Gasteiger partial charge < -0.3 is 4.74 Å². The Balaban J connectivity index is 2.17. The van der Waals surface area contributed by atoms with Gasteiger partial charge >= 0.3 is 6.18 Å². The Morgan fingerprint density at radius 3 is 2.65 bits per heavy atom. The van der Waals surface area contributed by atoms with E-state index in [0.717, 1.165) is 25.3 Å². The maximum Gasteiger partial charge on any atom is 0.416 e. The van der Waals surface area contributed by atoms with Crippen LogP contribution in [0.1, 0.15) is 43.4 Å². The van der Waals surface area contributed by atoms with Crippen molar-refractivity contribution in [1.82, 2.24) is 0 Å². The molecular weight excluding hydrogens is 229 g/mol. The maximum atomic E-state index is 12.6. The molecule has 0 unspecified atom stereocenters. The molecule has 1 fully saturated rings. The molecule has 1 aliphatic rings. The van der Waals surface area contributed by atoms with Crippen LogP contribution in [-0.2, 0) is 10.9 Å². The van der Waals surface area contributed by atoms with Crippen molar-refractivity contribution in [2.75, 3.05) is 0 Å². The van der Waals surface area contributed by atoms with Gasteiger partial charge in [0.2, 0.25) is 0 Å². The highest BCUT2D eigenvalue weighted by Crippen LogP contribution is 2.36. The Kier molecular flexibility index (Phi) is 3.43. The van der Waals surface area contributed by atoms with Crippen LogP contribution >= 0.6 is 0 Å². The molecular formula is C13H15F3O. The van der Waals surface area contributed by atoms with Crippen LogP contribution in [-0.4, -0.2) is 6.10 Å². The van der Waals surface area contributed by atoms with Gasteiger partial charge in [-0.15, -0.1) is 0 Å². The summed E-state index contributed by atoms with van der Waals surface area (Å²) >= 11 is 0. The fourth-order valence-electron chi connectivity index (χ4n) is 2.17. The Hall–Kier alpha value is -1.03. The zero-order valence-electron chi connectivity index (χ0n) is 9.63. The lowest BCUT2D eigenvalue weighted by atomic mass is 10.0. The quantitative estimate of drug-likeness (QED) is 0.752. The monoisotopic (exact) mass is 244 g/mol. The molecule has 0 amide bonds. The van der Waals surface area contributed by atoms with Gasteiger partial charge in [-0.1, -0.05) is 19.1 Å². The predicted octanol–water partition coefficient (Wildman–Crippen LogP) is 4.34. The lowest BCUT2D eigenvalue weighted by Crippen LogP contribution is -2.08. The average Bonchev–Trinajstić information content (AvgIpc) is 2.76. The second-order valence-electron chi connectivity index (χ2n) is 4.36. The number of hydrogen-bond acceptors (Lipinski definition) is 1. The summed E-state index contributed by atoms with van der Waals surface area (Å²) in [6, 6.07) is 5.44. The first-order chi connectivity index (χ1) is 8.00. The molecule has 4 heteroatoms. The number of ether oxygens (including phenoxy) is 1. The molecule has 2 rings (SSSR count). The van der Waals surface area contributed by atoms with Crippen molar-refractivity contribution in [3.8, 4) is 0 Å². The van der Waals surface area contributed by atoms with Gasteiger partial charge in [0.1, 0.15) is 0 Å². The summed E-state index contributed by atoms with van der Waals surface area (Å²) in [6.07, 6.45) is -1.62. The Labute approximate surface area is 98.6 Å². The molecule has 0 N–H and O–H groups in total. The molecule has 0 spiro atoms. The molecule has 0 radical (unpaired) electrons. The molecule has 0 bridgehead atoms. The smallest absolute Gasteiger partial charge is 0.370 e. The van der Waals surface area contributed by atoms with Crippen LogP contribution in [0.2, 0.25) is 0 Å². The zero-order chi connectivity index (χ0) is 12.5. The number of halogens is 3. The van der Waals surface area contributed by atoms with Crippen molar-refractivity contribution >= 4 is 0 Å². The molecule has 17 heavy (non-hydrogen) atoms. The minimum Gasteiger partial charge on any atom is -0.370 e. The number of hydrogen-bond donors (Lipinski definition) is 0. The Bertz CT molecular complexity index is 386. The number of rotatable bonds is 2. The standard InChI is InChI=1S/C13H15F3O/c1-2-11-6-7-12(17-11)9-4-3-5-10(8-9)13(14,15)16/h3-5,8,11-12H,2,6-7H2,1H3/t11-,12-/m1/s1. The van der Waals surface area contributed by atoms with E-state index < -0.39 is 11.7 Å². The summed E-state index contributed by atoms with van der Waals surface area (Å²) in [4.78, 5) is 0. The van der Waals surface area contributed by atoms with Crippen molar-refractivity contribution in [2.45, 2.75) is 44.6 Å². The summed E-state index contributed by atoms with van der Waals surface area (Å²) in [6.45, 7) is 2.03. The van der Waals surface area contributed by atoms with E-state index in [4.69, 9.17) is 4.74 Å². The fraction of sp³-hybridized carbons (Fsp3) is 0.538. The summed E-state index contributed by atoms with van der Waals surface area (Å²) in [5.74, 6) is 0. The van der Waals surface area contributed by atoms with Crippen LogP contribution in [0, 0.1) is 0 Å². The third-order valence-corrected chi connectivity index (χ3v) is 3.15. The molecule has 0 aliphatic carbocycles. The van der Waals surface area contributed by atoms with E-state index in [-0.39, 0.29) is 12.2 Å². The van der Waals surface area contributed by atoms with E-state index in [0.29, 0.717) is 5.56 Å². The molecule has 1 aromatic rings. The van der Waals surface area contributed by atoms with Crippen molar-refractivity contribution < 1.29 is 17.9 Å². The van der Waals surface area contributed by atoms with Crippen LogP contribution in [0.5, 0.6) is 0 Å². The molecule has 1 aromatic carbocycles. The second kappa shape index (κ2) is 4.69. The van der Waals surface area contributed by atoms with Gasteiger partial charge in [0.15, 0.2) is 0 Å². The molecule has 94 valence electrons. The number of alkyl halides is 3. The number of benzene rings is 1. The van der Waals surface area contributed by atoms with E-state index >= 15 is 0 Å². The van der Waals surface area contributed by atoms with E-state index in [9.17, 15) is 13.2 Å². The summed E-state index contributed by atoms with van der Waals surface area (Å²) in [7, 11) is 0. The van der Waals surface area contributed by atoms with Gasteiger partial charge in [0, 0.05) is 0 Å². The fourth-order valence-corrected chi connectivity index (χ4v) is 2.17. The van der Waals surface area contributed by atoms with Gasteiger partial charge in [0.25, 0.3) is 0 Å². The van der Waals surface area contributed by atoms with E-state index in [2.05, 4.69) is 0 Å². The largest absolute Gasteiger partial charge is 0.416 e. The van der Waals surface area contributed by atoms with Crippen LogP contribution in [0.25, 0.3) is 0 Å². The summed E-state index contributed by atoms with van der Waals surface area (Å²) < 4.78 is 43.4. The SMILES string of the molecule is CC[C@@H]1CC[C@H](c2cccc(C(F)(F)F)c2)O1. The first kappa shape index (κ1) is 12.4. The van der Waals surface area contributed by atoms with Crippen LogP contribution < -0.4 is 0 Å². The van der Waals surface area contributed by atoms with Crippen molar-refractivity contribution in [1.29, 1.82) is 0 Å². The highest BCUT2D eigenvalue weighted by atomic mass is 19.4. The topological polar surface area (TPSA) is 9.23 Å². The molecule has 1 heterocycles. The average molecular weight is 244 g/mol. The first-order valence-corrected chi connectivity index (χ1v) is 5.83. The van der Waals surface area contributed by atoms with E-state index in [1.807, 2.05) is 6.92 Å². The second-order valence-corrected chi connectivity index (χ2v) is 4.36.